The molecule has 8 rings (SSSR count). The topological polar surface area (TPSA) is 263 Å². The van der Waals surface area contributed by atoms with Gasteiger partial charge in [0.05, 0.1) is 42.0 Å². The van der Waals surface area contributed by atoms with Crippen molar-refractivity contribution >= 4 is 35.5 Å². The van der Waals surface area contributed by atoms with Crippen molar-refractivity contribution in [1.29, 1.82) is 0 Å². The van der Waals surface area contributed by atoms with E-state index < -0.39 is 126 Å². The summed E-state index contributed by atoms with van der Waals surface area (Å²) < 4.78 is 33.6. The minimum atomic E-state index is -2.52. The van der Waals surface area contributed by atoms with Gasteiger partial charge < -0.3 is 59.5 Å². The number of alkyl carbamates (subject to hydrolysis) is 2. The van der Waals surface area contributed by atoms with E-state index in [1.807, 2.05) is 48.5 Å². The molecular weight excluding hydrogens is 873 g/mol. The number of rotatable bonds is 11. The van der Waals surface area contributed by atoms with Crippen LogP contribution in [0.15, 0.2) is 66.7 Å². The predicted octanol–water partition coefficient (Wildman–Crippen LogP) is 4.66. The first-order valence-electron chi connectivity index (χ1n) is 21.7. The Balaban J connectivity index is 1.01. The lowest BCUT2D eigenvalue weighted by Gasteiger charge is -2.43. The van der Waals surface area contributed by atoms with Crippen LogP contribution >= 0.6 is 0 Å². The summed E-state index contributed by atoms with van der Waals surface area (Å²) >= 11 is 0. The van der Waals surface area contributed by atoms with Crippen LogP contribution in [0.2, 0.25) is 0 Å². The van der Waals surface area contributed by atoms with Crippen LogP contribution in [0.5, 0.6) is 17.2 Å². The molecule has 0 aromatic heterocycles. The van der Waals surface area contributed by atoms with E-state index in [4.69, 9.17) is 28.4 Å². The summed E-state index contributed by atoms with van der Waals surface area (Å²) in [6, 6.07) is 18.8. The third-order valence-corrected chi connectivity index (χ3v) is 12.4. The van der Waals surface area contributed by atoms with Gasteiger partial charge in [-0.15, -0.1) is 0 Å². The number of benzene rings is 4. The van der Waals surface area contributed by atoms with E-state index in [0.717, 1.165) is 22.3 Å². The number of esters is 1. The van der Waals surface area contributed by atoms with Crippen molar-refractivity contribution in [2.75, 3.05) is 26.9 Å². The largest absolute Gasteiger partial charge is 0.507 e. The third-order valence-electron chi connectivity index (χ3n) is 12.4. The number of ether oxygens (including phenoxy) is 6. The molecule has 1 aliphatic heterocycles. The van der Waals surface area contributed by atoms with Crippen molar-refractivity contribution in [2.45, 2.75) is 94.7 Å². The first-order valence-corrected chi connectivity index (χ1v) is 21.7. The van der Waals surface area contributed by atoms with Gasteiger partial charge in [0, 0.05) is 41.9 Å². The number of amides is 2. The number of aliphatic hydroxyl groups is 2. The van der Waals surface area contributed by atoms with Gasteiger partial charge in [0.1, 0.15) is 47.7 Å². The normalized spacial score (nSPS) is 22.8. The lowest BCUT2D eigenvalue weighted by atomic mass is 9.72. The highest BCUT2D eigenvalue weighted by Gasteiger charge is 2.51. The Morgan fingerprint density at radius 2 is 1.48 bits per heavy atom. The summed E-state index contributed by atoms with van der Waals surface area (Å²) in [5.41, 5.74) is -1.40. The first kappa shape index (κ1) is 46.7. The summed E-state index contributed by atoms with van der Waals surface area (Å²) in [5.74, 6) is -5.69. The van der Waals surface area contributed by atoms with Gasteiger partial charge >= 0.3 is 18.2 Å². The highest BCUT2D eigenvalue weighted by Crippen LogP contribution is 2.53. The van der Waals surface area contributed by atoms with Crippen molar-refractivity contribution < 1.29 is 77.6 Å². The van der Waals surface area contributed by atoms with E-state index >= 15 is 0 Å². The lowest BCUT2D eigenvalue weighted by Crippen LogP contribution is -2.56. The molecule has 1 heterocycles. The number of nitrogens with one attached hydrogen (secondary N) is 2. The minimum absolute atomic E-state index is 0.0243. The molecule has 0 bridgehead atoms. The molecule has 0 spiro atoms. The number of phenolic OH excluding ortho intramolecular Hbond substituents is 2. The number of aromatic hydroxyl groups is 2. The maximum absolute atomic E-state index is 14.1. The molecule has 1 fully saturated rings. The van der Waals surface area contributed by atoms with Crippen LogP contribution < -0.4 is 15.4 Å². The van der Waals surface area contributed by atoms with Crippen molar-refractivity contribution in [2.24, 2.45) is 0 Å². The fourth-order valence-corrected chi connectivity index (χ4v) is 9.30. The Morgan fingerprint density at radius 3 is 2.13 bits per heavy atom. The number of hydrogen-bond acceptors (Lipinski definition) is 16. The fourth-order valence-electron chi connectivity index (χ4n) is 9.30. The Labute approximate surface area is 384 Å². The van der Waals surface area contributed by atoms with Crippen LogP contribution in [0, 0.1) is 0 Å². The van der Waals surface area contributed by atoms with E-state index in [-0.39, 0.29) is 46.9 Å². The van der Waals surface area contributed by atoms with Gasteiger partial charge in [-0.25, -0.2) is 9.59 Å². The van der Waals surface area contributed by atoms with Gasteiger partial charge in [0.2, 0.25) is 11.6 Å². The van der Waals surface area contributed by atoms with Gasteiger partial charge in [0.25, 0.3) is 0 Å². The van der Waals surface area contributed by atoms with Gasteiger partial charge in [0.15, 0.2) is 18.7 Å². The van der Waals surface area contributed by atoms with E-state index in [0.29, 0.717) is 0 Å². The molecule has 18 heteroatoms. The zero-order chi connectivity index (χ0) is 48.1. The zero-order valence-corrected chi connectivity index (χ0v) is 37.2. The van der Waals surface area contributed by atoms with Crippen molar-refractivity contribution in [3.8, 4) is 28.4 Å². The van der Waals surface area contributed by atoms with Crippen LogP contribution in [-0.4, -0.2) is 119 Å². The Bertz CT molecular complexity index is 2650. The molecular formula is C49H50N2O16. The molecule has 4 aliphatic rings. The number of hydrogen-bond donors (Lipinski definition) is 6. The zero-order valence-electron chi connectivity index (χ0n) is 37.2. The van der Waals surface area contributed by atoms with Crippen LogP contribution in [0.1, 0.15) is 107 Å². The fraction of sp³-hybridized carbons (Fsp3) is 0.388. The van der Waals surface area contributed by atoms with Crippen molar-refractivity contribution in [3.05, 3.63) is 111 Å². The van der Waals surface area contributed by atoms with Gasteiger partial charge in [-0.1, -0.05) is 60.7 Å². The van der Waals surface area contributed by atoms with Crippen molar-refractivity contribution in [3.63, 3.8) is 0 Å². The second-order valence-electron chi connectivity index (χ2n) is 17.9. The average molecular weight is 923 g/mol. The predicted molar refractivity (Wildman–Crippen MR) is 234 cm³/mol. The van der Waals surface area contributed by atoms with Crippen LogP contribution in [0.3, 0.4) is 0 Å². The SMILES string of the molecule is COc1cccc2c1C(=O)c1c(O)c3c(c(O)c1C2=O)C[C@@](O)(C(=O)COC(=O)CNC(=O)OCC1c2ccccc2-c2ccccc21)C[C@H]3OC1CC(NC(=O)OC(C)(C)C)C(O)C(C)O1. The molecule has 4 aromatic rings. The lowest BCUT2D eigenvalue weighted by molar-refractivity contribution is -0.249. The quantitative estimate of drug-likeness (QED) is 0.0598. The smallest absolute Gasteiger partial charge is 0.407 e. The molecule has 4 unspecified atom stereocenters. The minimum Gasteiger partial charge on any atom is -0.507 e. The van der Waals surface area contributed by atoms with E-state index in [1.54, 1.807) is 20.8 Å². The monoisotopic (exact) mass is 922 g/mol. The van der Waals surface area contributed by atoms with Gasteiger partial charge in [-0.2, -0.15) is 0 Å². The Kier molecular flexibility index (Phi) is 12.6. The molecule has 6 atom stereocenters. The molecule has 2 amide bonds. The number of aliphatic hydroxyl groups excluding tert-OH is 1. The molecule has 67 heavy (non-hydrogen) atoms. The van der Waals surface area contributed by atoms with Crippen molar-refractivity contribution in [1.82, 2.24) is 10.6 Å². The summed E-state index contributed by atoms with van der Waals surface area (Å²) in [4.78, 5) is 80.5. The number of phenols is 2. The maximum Gasteiger partial charge on any atom is 0.407 e. The number of carbonyl (C=O) groups excluding carboxylic acids is 6. The number of carbonyl (C=O) groups is 6. The number of fused-ring (bicyclic) bond motifs is 6. The highest BCUT2D eigenvalue weighted by molar-refractivity contribution is 6.31. The average Bonchev–Trinajstić information content (AvgIpc) is 3.60. The Hall–Kier alpha value is -6.86. The van der Waals surface area contributed by atoms with E-state index in [2.05, 4.69) is 10.6 Å². The van der Waals surface area contributed by atoms with Crippen LogP contribution in [0.25, 0.3) is 11.1 Å². The second-order valence-corrected chi connectivity index (χ2v) is 17.9. The Morgan fingerprint density at radius 1 is 0.836 bits per heavy atom. The summed E-state index contributed by atoms with van der Waals surface area (Å²) in [5, 5.41) is 51.9. The molecule has 6 N–H and O–H groups in total. The number of Topliss-reactive ketones (excluding diaryl/α,β-unsaturated/α-hetero) is 1. The summed E-state index contributed by atoms with van der Waals surface area (Å²) in [7, 11) is 1.29. The van der Waals surface area contributed by atoms with Crippen LogP contribution in [0.4, 0.5) is 9.59 Å². The summed E-state index contributed by atoms with van der Waals surface area (Å²) in [6.07, 6.45) is -8.56. The number of ketones is 3. The van der Waals surface area contributed by atoms with E-state index in [9.17, 15) is 49.2 Å². The molecule has 18 nitrogen and oxygen atoms in total. The number of methoxy groups -OCH3 is 1. The highest BCUT2D eigenvalue weighted by atomic mass is 16.7. The molecule has 352 valence electrons. The molecule has 4 aromatic carbocycles. The summed E-state index contributed by atoms with van der Waals surface area (Å²) in [6.45, 7) is 4.71. The van der Waals surface area contributed by atoms with Gasteiger partial charge in [-0.05, 0) is 56.0 Å². The standard InChI is InChI=1S/C49H50N2O16/c1-23-41(54)31(51-47(60)67-48(2,3)4)17-36(65-23)66-33-19-49(61,18-29-38(33)45(58)40-39(43(29)56)42(55)28-15-10-16-32(62-5)37(28)44(40)57)34(52)22-63-35(53)20-50-46(59)64-21-30-26-13-8-6-11-24(26)25-12-7-9-14-27(25)30/h6-16,23,30-31,33,36,41,54,56,58,61H,17-22H2,1-5H3,(H,50,59)(H,51,60)/t23?,31?,33-,36?,41?,49+/m1/s1. The molecule has 0 radical (unpaired) electrons. The van der Waals surface area contributed by atoms with E-state index in [1.165, 1.54) is 32.2 Å². The second kappa shape index (κ2) is 18.1. The van der Waals surface area contributed by atoms with Gasteiger partial charge in [-0.3, -0.25) is 19.2 Å². The molecule has 3 aliphatic carbocycles. The molecule has 1 saturated heterocycles. The maximum atomic E-state index is 14.1. The van der Waals surface area contributed by atoms with Crippen LogP contribution in [-0.2, 0) is 39.7 Å². The first-order chi connectivity index (χ1) is 31.8. The molecule has 0 saturated carbocycles. The third kappa shape index (κ3) is 8.92.